The zero-order chi connectivity index (χ0) is 17.5. The number of carbonyl (C=O) groups excluding carboxylic acids is 1. The molecule has 6 heteroatoms. The highest BCUT2D eigenvalue weighted by molar-refractivity contribution is 7.10. The highest BCUT2D eigenvalue weighted by Crippen LogP contribution is 2.36. The Morgan fingerprint density at radius 2 is 2.00 bits per heavy atom. The molecule has 0 fully saturated rings. The first kappa shape index (κ1) is 16.6. The van der Waals surface area contributed by atoms with Crippen LogP contribution in [0.3, 0.4) is 0 Å². The lowest BCUT2D eigenvalue weighted by atomic mass is 9.90. The van der Waals surface area contributed by atoms with Gasteiger partial charge in [-0.1, -0.05) is 39.0 Å². The van der Waals surface area contributed by atoms with E-state index >= 15 is 0 Å². The van der Waals surface area contributed by atoms with E-state index in [1.165, 1.54) is 11.3 Å². The quantitative estimate of drug-likeness (QED) is 0.902. The Labute approximate surface area is 145 Å². The van der Waals surface area contributed by atoms with Crippen LogP contribution >= 0.6 is 11.3 Å². The smallest absolute Gasteiger partial charge is 0.311 e. The molecule has 0 aliphatic carbocycles. The minimum Gasteiger partial charge on any atom is -0.481 e. The third-order valence-corrected chi connectivity index (χ3v) is 5.42. The van der Waals surface area contributed by atoms with Crippen molar-refractivity contribution < 1.29 is 14.7 Å². The molecule has 0 radical (unpaired) electrons. The molecule has 1 amide bonds. The van der Waals surface area contributed by atoms with Gasteiger partial charge in [0.25, 0.3) is 5.91 Å². The van der Waals surface area contributed by atoms with Gasteiger partial charge in [-0.15, -0.1) is 11.3 Å². The van der Waals surface area contributed by atoms with Crippen LogP contribution in [-0.4, -0.2) is 28.5 Å². The largest absolute Gasteiger partial charge is 0.481 e. The molecular formula is C18H20N2O3S. The molecule has 24 heavy (non-hydrogen) atoms. The Morgan fingerprint density at radius 1 is 1.29 bits per heavy atom. The van der Waals surface area contributed by atoms with E-state index in [4.69, 9.17) is 0 Å². The third kappa shape index (κ3) is 2.94. The number of fused-ring (bicyclic) bond motifs is 1. The predicted octanol–water partition coefficient (Wildman–Crippen LogP) is 3.66. The summed E-state index contributed by atoms with van der Waals surface area (Å²) in [6.07, 6.45) is 0.411. The summed E-state index contributed by atoms with van der Waals surface area (Å²) >= 11 is 1.48. The third-order valence-electron chi connectivity index (χ3n) is 4.15. The number of anilines is 1. The number of aliphatic carboxylic acids is 1. The van der Waals surface area contributed by atoms with Crippen LogP contribution in [0.4, 0.5) is 5.69 Å². The summed E-state index contributed by atoms with van der Waals surface area (Å²) in [4.78, 5) is 30.5. The highest BCUT2D eigenvalue weighted by Gasteiger charge is 2.33. The van der Waals surface area contributed by atoms with Crippen molar-refractivity contribution in [1.82, 2.24) is 4.98 Å². The Morgan fingerprint density at radius 3 is 2.62 bits per heavy atom. The van der Waals surface area contributed by atoms with Crippen LogP contribution in [0.25, 0.3) is 0 Å². The fraction of sp³-hybridized carbons (Fsp3) is 0.389. The van der Waals surface area contributed by atoms with Crippen LogP contribution in [0.5, 0.6) is 0 Å². The van der Waals surface area contributed by atoms with Crippen LogP contribution in [0, 0.1) is 0 Å². The summed E-state index contributed by atoms with van der Waals surface area (Å²) in [6, 6.07) is 7.23. The monoisotopic (exact) mass is 344 g/mol. The number of hydrogen-bond donors (Lipinski definition) is 1. The zero-order valence-electron chi connectivity index (χ0n) is 13.9. The zero-order valence-corrected chi connectivity index (χ0v) is 14.8. The minimum atomic E-state index is -0.849. The van der Waals surface area contributed by atoms with E-state index in [1.807, 2.05) is 12.1 Å². The molecule has 2 aromatic rings. The van der Waals surface area contributed by atoms with E-state index < -0.39 is 11.9 Å². The number of rotatable bonds is 2. The van der Waals surface area contributed by atoms with Gasteiger partial charge in [0.2, 0.25) is 0 Å². The molecule has 1 unspecified atom stereocenters. The van der Waals surface area contributed by atoms with Crippen molar-refractivity contribution >= 4 is 28.9 Å². The average molecular weight is 344 g/mol. The van der Waals surface area contributed by atoms with Crippen LogP contribution in [0.1, 0.15) is 54.2 Å². The van der Waals surface area contributed by atoms with Crippen molar-refractivity contribution in [2.75, 3.05) is 11.4 Å². The number of amides is 1. The first-order chi connectivity index (χ1) is 11.3. The number of hydrogen-bond acceptors (Lipinski definition) is 4. The standard InChI is InChI=1S/C18H20N2O3S/c1-18(2,3)17-19-13(10-24-17)15(21)20-9-8-12(16(22)23)11-6-4-5-7-14(11)20/h4-7,10,12H,8-9H2,1-3H3,(H,22,23). The number of aromatic nitrogens is 1. The maximum atomic E-state index is 12.9. The summed E-state index contributed by atoms with van der Waals surface area (Å²) in [5.41, 5.74) is 1.69. The second-order valence-electron chi connectivity index (χ2n) is 6.98. The first-order valence-electron chi connectivity index (χ1n) is 7.88. The van der Waals surface area contributed by atoms with Crippen molar-refractivity contribution in [2.45, 2.75) is 38.5 Å². The molecule has 3 rings (SSSR count). The van der Waals surface area contributed by atoms with Crippen LogP contribution in [0.15, 0.2) is 29.6 Å². The number of thiazole rings is 1. The number of carboxylic acid groups (broad SMARTS) is 1. The number of carboxylic acids is 1. The Hall–Kier alpha value is -2.21. The topological polar surface area (TPSA) is 70.5 Å². The lowest BCUT2D eigenvalue weighted by Gasteiger charge is -2.32. The van der Waals surface area contributed by atoms with Gasteiger partial charge < -0.3 is 10.0 Å². The maximum Gasteiger partial charge on any atom is 0.311 e. The molecule has 5 nitrogen and oxygen atoms in total. The normalized spacial score (nSPS) is 17.5. The highest BCUT2D eigenvalue weighted by atomic mass is 32.1. The van der Waals surface area contributed by atoms with Gasteiger partial charge in [0.15, 0.2) is 0 Å². The Bertz CT molecular complexity index is 792. The molecule has 0 spiro atoms. The number of nitrogens with zero attached hydrogens (tertiary/aromatic N) is 2. The van der Waals surface area contributed by atoms with Gasteiger partial charge in [0.05, 0.1) is 10.9 Å². The van der Waals surface area contributed by atoms with Crippen molar-refractivity contribution in [3.8, 4) is 0 Å². The molecule has 0 saturated carbocycles. The van der Waals surface area contributed by atoms with Crippen molar-refractivity contribution in [1.29, 1.82) is 0 Å². The van der Waals surface area contributed by atoms with Crippen molar-refractivity contribution in [3.63, 3.8) is 0 Å². The second-order valence-corrected chi connectivity index (χ2v) is 7.84. The van der Waals surface area contributed by atoms with Crippen LogP contribution in [0.2, 0.25) is 0 Å². The van der Waals surface area contributed by atoms with Crippen LogP contribution < -0.4 is 4.90 Å². The van der Waals surface area contributed by atoms with Crippen LogP contribution in [-0.2, 0) is 10.2 Å². The molecule has 1 aliphatic heterocycles. The van der Waals surface area contributed by atoms with E-state index in [0.29, 0.717) is 29.9 Å². The van der Waals surface area contributed by atoms with Gasteiger partial charge >= 0.3 is 5.97 Å². The van der Waals surface area contributed by atoms with Gasteiger partial charge in [-0.3, -0.25) is 9.59 Å². The van der Waals surface area contributed by atoms with E-state index in [9.17, 15) is 14.7 Å². The second kappa shape index (κ2) is 6.02. The van der Waals surface area contributed by atoms with Gasteiger partial charge in [0.1, 0.15) is 5.69 Å². The SMILES string of the molecule is CC(C)(C)c1nc(C(=O)N2CCC(C(=O)O)c3ccccc32)cs1. The summed E-state index contributed by atoms with van der Waals surface area (Å²) in [5.74, 6) is -1.58. The Kier molecular flexibility index (Phi) is 4.17. The fourth-order valence-corrected chi connectivity index (χ4v) is 3.77. The number of benzene rings is 1. The lowest BCUT2D eigenvalue weighted by Crippen LogP contribution is -2.38. The van der Waals surface area contributed by atoms with E-state index in [2.05, 4.69) is 25.8 Å². The lowest BCUT2D eigenvalue weighted by molar-refractivity contribution is -0.139. The molecular weight excluding hydrogens is 324 g/mol. The van der Waals surface area contributed by atoms with Gasteiger partial charge in [0, 0.05) is 23.0 Å². The Balaban J connectivity index is 1.95. The molecule has 1 aliphatic rings. The number of para-hydroxylation sites is 1. The molecule has 1 N–H and O–H groups in total. The minimum absolute atomic E-state index is 0.0998. The molecule has 0 saturated heterocycles. The molecule has 1 aromatic carbocycles. The first-order valence-corrected chi connectivity index (χ1v) is 8.76. The molecule has 126 valence electrons. The van der Waals surface area contributed by atoms with E-state index in [0.717, 1.165) is 5.01 Å². The summed E-state index contributed by atoms with van der Waals surface area (Å²) in [6.45, 7) is 6.57. The predicted molar refractivity (Wildman–Crippen MR) is 93.9 cm³/mol. The van der Waals surface area contributed by atoms with Gasteiger partial charge in [-0.25, -0.2) is 4.98 Å². The van der Waals surface area contributed by atoms with Gasteiger partial charge in [-0.05, 0) is 18.1 Å². The summed E-state index contributed by atoms with van der Waals surface area (Å²) in [5, 5.41) is 12.1. The van der Waals surface area contributed by atoms with E-state index in [-0.39, 0.29) is 11.3 Å². The summed E-state index contributed by atoms with van der Waals surface area (Å²) < 4.78 is 0. The maximum absolute atomic E-state index is 12.9. The average Bonchev–Trinajstić information content (AvgIpc) is 3.03. The van der Waals surface area contributed by atoms with Gasteiger partial charge in [-0.2, -0.15) is 0 Å². The molecule has 1 atom stereocenters. The van der Waals surface area contributed by atoms with Crippen molar-refractivity contribution in [3.05, 3.63) is 45.9 Å². The molecule has 2 heterocycles. The molecule has 0 bridgehead atoms. The number of carbonyl (C=O) groups is 2. The summed E-state index contributed by atoms with van der Waals surface area (Å²) in [7, 11) is 0. The van der Waals surface area contributed by atoms with E-state index in [1.54, 1.807) is 22.4 Å². The molecule has 1 aromatic heterocycles. The fourth-order valence-electron chi connectivity index (χ4n) is 2.88. The van der Waals surface area contributed by atoms with Crippen molar-refractivity contribution in [2.24, 2.45) is 0 Å².